The molecule has 3 aromatic rings. The van der Waals surface area contributed by atoms with Gasteiger partial charge in [0.25, 0.3) is 5.91 Å². The fourth-order valence-electron chi connectivity index (χ4n) is 3.50. The Morgan fingerprint density at radius 2 is 1.91 bits per heavy atom. The molecule has 4 rings (SSSR count). The summed E-state index contributed by atoms with van der Waals surface area (Å²) in [5, 5.41) is 6.43. The zero-order valence-electron chi connectivity index (χ0n) is 17.5. The lowest BCUT2D eigenvalue weighted by molar-refractivity contribution is -0.133. The van der Waals surface area contributed by atoms with Crippen molar-refractivity contribution >= 4 is 45.9 Å². The summed E-state index contributed by atoms with van der Waals surface area (Å²) >= 11 is 7.52. The predicted molar refractivity (Wildman–Crippen MR) is 124 cm³/mol. The number of anilines is 1. The average molecular weight is 469 g/mol. The van der Waals surface area contributed by atoms with Crippen LogP contribution in [0.1, 0.15) is 28.5 Å². The number of hydrogen-bond acceptors (Lipinski definition) is 5. The normalized spacial score (nSPS) is 18.0. The molecule has 1 saturated heterocycles. The van der Waals surface area contributed by atoms with Gasteiger partial charge >= 0.3 is 6.03 Å². The van der Waals surface area contributed by atoms with Crippen LogP contribution in [0, 0.1) is 6.92 Å². The van der Waals surface area contributed by atoms with Gasteiger partial charge in [0.2, 0.25) is 5.91 Å². The summed E-state index contributed by atoms with van der Waals surface area (Å²) in [6.45, 7) is 3.18. The minimum atomic E-state index is -1.21. The first-order valence-corrected chi connectivity index (χ1v) is 11.1. The second-order valence-electron chi connectivity index (χ2n) is 7.76. The highest BCUT2D eigenvalue weighted by molar-refractivity contribution is 7.15. The van der Waals surface area contributed by atoms with E-state index in [-0.39, 0.29) is 0 Å². The first-order chi connectivity index (χ1) is 15.3. The maximum Gasteiger partial charge on any atom is 0.325 e. The molecule has 0 bridgehead atoms. The summed E-state index contributed by atoms with van der Waals surface area (Å²) in [4.78, 5) is 44.0. The molecule has 164 valence electrons. The minimum absolute atomic E-state index is 0.394. The monoisotopic (exact) mass is 468 g/mol. The lowest BCUT2D eigenvalue weighted by Crippen LogP contribution is -2.42. The van der Waals surface area contributed by atoms with E-state index in [1.807, 2.05) is 43.3 Å². The Hall–Kier alpha value is -3.23. The summed E-state index contributed by atoms with van der Waals surface area (Å²) in [6.07, 6.45) is 2.26. The summed E-state index contributed by atoms with van der Waals surface area (Å²) in [7, 11) is 0. The molecule has 0 spiro atoms. The number of amides is 4. The van der Waals surface area contributed by atoms with Crippen molar-refractivity contribution in [2.24, 2.45) is 0 Å². The van der Waals surface area contributed by atoms with E-state index < -0.39 is 29.9 Å². The predicted octanol–water partition coefficient (Wildman–Crippen LogP) is 4.10. The number of hydrogen-bond donors (Lipinski definition) is 2. The van der Waals surface area contributed by atoms with Gasteiger partial charge in [-0.05, 0) is 31.0 Å². The molecule has 2 aromatic carbocycles. The third-order valence-corrected chi connectivity index (χ3v) is 6.61. The highest BCUT2D eigenvalue weighted by Gasteiger charge is 2.49. The molecule has 2 N–H and O–H groups in total. The van der Waals surface area contributed by atoms with Gasteiger partial charge in [-0.3, -0.25) is 14.5 Å². The smallest absolute Gasteiger partial charge is 0.319 e. The van der Waals surface area contributed by atoms with Crippen LogP contribution in [0.3, 0.4) is 0 Å². The number of nitrogens with one attached hydrogen (secondary N) is 2. The van der Waals surface area contributed by atoms with E-state index in [1.165, 1.54) is 11.3 Å². The van der Waals surface area contributed by atoms with E-state index in [0.29, 0.717) is 22.1 Å². The number of carbonyl (C=O) groups is 3. The van der Waals surface area contributed by atoms with Crippen molar-refractivity contribution < 1.29 is 14.4 Å². The molecule has 1 unspecified atom stereocenters. The van der Waals surface area contributed by atoms with Gasteiger partial charge in [-0.1, -0.05) is 59.6 Å². The molecule has 1 fully saturated rings. The molecule has 2 heterocycles. The Labute approximate surface area is 194 Å². The maximum absolute atomic E-state index is 13.0. The lowest BCUT2D eigenvalue weighted by Gasteiger charge is -2.22. The third-order valence-electron chi connectivity index (χ3n) is 5.33. The zero-order chi connectivity index (χ0) is 22.9. The summed E-state index contributed by atoms with van der Waals surface area (Å²) in [5.74, 6) is -0.972. The number of imide groups is 1. The topological polar surface area (TPSA) is 91.4 Å². The van der Waals surface area contributed by atoms with E-state index >= 15 is 0 Å². The van der Waals surface area contributed by atoms with E-state index in [0.717, 1.165) is 20.9 Å². The van der Waals surface area contributed by atoms with Crippen LogP contribution in [0.2, 0.25) is 5.02 Å². The van der Waals surface area contributed by atoms with Crippen molar-refractivity contribution in [1.82, 2.24) is 15.2 Å². The van der Waals surface area contributed by atoms with E-state index in [9.17, 15) is 14.4 Å². The Morgan fingerprint density at radius 3 is 2.62 bits per heavy atom. The fourth-order valence-corrected chi connectivity index (χ4v) is 4.56. The van der Waals surface area contributed by atoms with Crippen molar-refractivity contribution in [3.05, 3.63) is 81.3 Å². The fraction of sp³-hybridized carbons (Fsp3) is 0.217. The third kappa shape index (κ3) is 4.37. The van der Waals surface area contributed by atoms with Gasteiger partial charge in [-0.15, -0.1) is 11.3 Å². The molecule has 9 heteroatoms. The van der Waals surface area contributed by atoms with Gasteiger partial charge < -0.3 is 10.6 Å². The van der Waals surface area contributed by atoms with Crippen LogP contribution in [0.25, 0.3) is 0 Å². The van der Waals surface area contributed by atoms with Crippen LogP contribution >= 0.6 is 22.9 Å². The van der Waals surface area contributed by atoms with Crippen LogP contribution in [-0.2, 0) is 21.5 Å². The first-order valence-electron chi connectivity index (χ1n) is 9.95. The van der Waals surface area contributed by atoms with Gasteiger partial charge in [0.1, 0.15) is 12.1 Å². The summed E-state index contributed by atoms with van der Waals surface area (Å²) in [5.41, 5.74) is 1.45. The molecule has 1 aliphatic rings. The summed E-state index contributed by atoms with van der Waals surface area (Å²) < 4.78 is 0. The molecule has 32 heavy (non-hydrogen) atoms. The number of nitrogens with zero attached hydrogens (tertiary/aromatic N) is 2. The number of aryl methyl sites for hydroxylation is 1. The Morgan fingerprint density at radius 1 is 1.19 bits per heavy atom. The van der Waals surface area contributed by atoms with Crippen molar-refractivity contribution in [3.8, 4) is 0 Å². The molecule has 1 aromatic heterocycles. The first kappa shape index (κ1) is 22.0. The second-order valence-corrected chi connectivity index (χ2v) is 9.28. The quantitative estimate of drug-likeness (QED) is 0.533. The highest BCUT2D eigenvalue weighted by atomic mass is 35.5. The van der Waals surface area contributed by atoms with Gasteiger partial charge in [0, 0.05) is 22.5 Å². The number of aromatic nitrogens is 1. The largest absolute Gasteiger partial charge is 0.325 e. The van der Waals surface area contributed by atoms with Gasteiger partial charge in [-0.2, -0.15) is 0 Å². The Balaban J connectivity index is 1.40. The standard InChI is InChI=1S/C23H21ClN4O3S/c1-14-7-9-16(10-8-14)23(2)20(30)28(22(31)27-23)13-19(29)26-21-25-12-17(32-21)11-15-5-3-4-6-18(15)24/h3-10,12H,11,13H2,1-2H3,(H,27,31)(H,25,26,29). The number of urea groups is 1. The molecule has 1 atom stereocenters. The van der Waals surface area contributed by atoms with Crippen molar-refractivity contribution in [1.29, 1.82) is 0 Å². The van der Waals surface area contributed by atoms with Crippen LogP contribution < -0.4 is 10.6 Å². The van der Waals surface area contributed by atoms with Crippen molar-refractivity contribution in [2.45, 2.75) is 25.8 Å². The highest BCUT2D eigenvalue weighted by Crippen LogP contribution is 2.29. The lowest BCUT2D eigenvalue weighted by atomic mass is 9.91. The molecule has 0 radical (unpaired) electrons. The number of benzene rings is 2. The van der Waals surface area contributed by atoms with Crippen LogP contribution in [0.15, 0.2) is 54.7 Å². The van der Waals surface area contributed by atoms with Gasteiger partial charge in [0.05, 0.1) is 0 Å². The number of carbonyl (C=O) groups excluding carboxylic acids is 3. The molecule has 7 nitrogen and oxygen atoms in total. The van der Waals surface area contributed by atoms with Gasteiger partial charge in [-0.25, -0.2) is 9.78 Å². The molecule has 0 aliphatic carbocycles. The zero-order valence-corrected chi connectivity index (χ0v) is 19.1. The molecular weight excluding hydrogens is 448 g/mol. The molecule has 4 amide bonds. The van der Waals surface area contributed by atoms with E-state index in [2.05, 4.69) is 15.6 Å². The number of halogens is 1. The Kier molecular flexibility index (Phi) is 5.99. The van der Waals surface area contributed by atoms with Crippen molar-refractivity contribution in [3.63, 3.8) is 0 Å². The second kappa shape index (κ2) is 8.72. The molecule has 1 aliphatic heterocycles. The van der Waals surface area contributed by atoms with Crippen LogP contribution in [-0.4, -0.2) is 34.3 Å². The molecular formula is C23H21ClN4O3S. The van der Waals surface area contributed by atoms with E-state index in [1.54, 1.807) is 25.3 Å². The van der Waals surface area contributed by atoms with Crippen LogP contribution in [0.4, 0.5) is 9.93 Å². The maximum atomic E-state index is 13.0. The number of thiazole rings is 1. The minimum Gasteiger partial charge on any atom is -0.319 e. The van der Waals surface area contributed by atoms with Crippen LogP contribution in [0.5, 0.6) is 0 Å². The average Bonchev–Trinajstić information content (AvgIpc) is 3.28. The van der Waals surface area contributed by atoms with Crippen molar-refractivity contribution in [2.75, 3.05) is 11.9 Å². The SMILES string of the molecule is Cc1ccc(C2(C)NC(=O)N(CC(=O)Nc3ncc(Cc4ccccc4Cl)s3)C2=O)cc1. The number of rotatable bonds is 6. The Bertz CT molecular complexity index is 1190. The van der Waals surface area contributed by atoms with E-state index in [4.69, 9.17) is 11.6 Å². The summed E-state index contributed by atoms with van der Waals surface area (Å²) in [6, 6.07) is 14.3. The van der Waals surface area contributed by atoms with Gasteiger partial charge in [0.15, 0.2) is 5.13 Å². The molecule has 0 saturated carbocycles.